The number of hydrogen-bond acceptors (Lipinski definition) is 6. The number of ketones is 1. The molecule has 1 aromatic carbocycles. The molecule has 2 fully saturated rings. The summed E-state index contributed by atoms with van der Waals surface area (Å²) in [5.74, 6) is 0.267. The van der Waals surface area contributed by atoms with Crippen LogP contribution in [0.3, 0.4) is 0 Å². The fourth-order valence-corrected chi connectivity index (χ4v) is 5.87. The summed E-state index contributed by atoms with van der Waals surface area (Å²) < 4.78 is 15.5. The second-order valence-electron chi connectivity index (χ2n) is 9.20. The molecule has 4 heterocycles. The van der Waals surface area contributed by atoms with Crippen molar-refractivity contribution in [3.05, 3.63) is 57.6 Å². The molecular weight excluding hydrogens is 450 g/mol. The molecule has 0 radical (unpaired) electrons. The first kappa shape index (κ1) is 23.3. The van der Waals surface area contributed by atoms with Crippen LogP contribution < -0.4 is 5.56 Å². The van der Waals surface area contributed by atoms with Gasteiger partial charge < -0.3 is 14.0 Å². The predicted octanol–water partition coefficient (Wildman–Crippen LogP) is 4.15. The van der Waals surface area contributed by atoms with E-state index in [4.69, 9.17) is 14.5 Å². The number of Topliss-reactive ketones (excluding diaryl/α,β-unsaturated/α-hetero) is 1. The first-order chi connectivity index (χ1) is 16.5. The quantitative estimate of drug-likeness (QED) is 0.273. The van der Waals surface area contributed by atoms with Crippen molar-refractivity contribution >= 4 is 28.4 Å². The highest BCUT2D eigenvalue weighted by Gasteiger charge is 2.23. The van der Waals surface area contributed by atoms with Crippen LogP contribution in [0.15, 0.2) is 40.3 Å². The number of carbonyl (C=O) groups excluding carboxylic acids is 1. The second kappa shape index (κ2) is 10.1. The Morgan fingerprint density at radius 2 is 1.74 bits per heavy atom. The van der Waals surface area contributed by atoms with Crippen LogP contribution in [0, 0.1) is 13.8 Å². The number of benzene rings is 1. The minimum absolute atomic E-state index is 0.00689. The highest BCUT2D eigenvalue weighted by Crippen LogP contribution is 2.25. The maximum absolute atomic E-state index is 13.3. The van der Waals surface area contributed by atoms with Crippen molar-refractivity contribution in [2.24, 2.45) is 0 Å². The van der Waals surface area contributed by atoms with E-state index >= 15 is 0 Å². The summed E-state index contributed by atoms with van der Waals surface area (Å²) in [4.78, 5) is 31.3. The van der Waals surface area contributed by atoms with Gasteiger partial charge in [0.05, 0.1) is 35.4 Å². The number of para-hydroxylation sites is 1. The van der Waals surface area contributed by atoms with Crippen molar-refractivity contribution in [1.29, 1.82) is 0 Å². The molecule has 34 heavy (non-hydrogen) atoms. The average molecular weight is 482 g/mol. The summed E-state index contributed by atoms with van der Waals surface area (Å²) in [6, 6.07) is 9.35. The van der Waals surface area contributed by atoms with E-state index in [0.29, 0.717) is 22.6 Å². The summed E-state index contributed by atoms with van der Waals surface area (Å²) in [7, 11) is 0. The molecular formula is C26H31N3O4S. The van der Waals surface area contributed by atoms with E-state index < -0.39 is 0 Å². The minimum Gasteiger partial charge on any atom is -0.376 e. The van der Waals surface area contributed by atoms with Crippen LogP contribution in [0.2, 0.25) is 0 Å². The first-order valence-electron chi connectivity index (χ1n) is 12.1. The lowest BCUT2D eigenvalue weighted by Crippen LogP contribution is -2.29. The van der Waals surface area contributed by atoms with Gasteiger partial charge in [-0.3, -0.25) is 14.2 Å². The van der Waals surface area contributed by atoms with Gasteiger partial charge in [-0.15, -0.1) is 0 Å². The number of rotatable bonds is 8. The summed E-state index contributed by atoms with van der Waals surface area (Å²) in [5.41, 5.74) is 3.35. The van der Waals surface area contributed by atoms with Crippen molar-refractivity contribution in [3.8, 4) is 0 Å². The van der Waals surface area contributed by atoms with Gasteiger partial charge in [-0.25, -0.2) is 4.98 Å². The molecule has 2 aromatic heterocycles. The van der Waals surface area contributed by atoms with Crippen LogP contribution in [-0.2, 0) is 22.6 Å². The van der Waals surface area contributed by atoms with Gasteiger partial charge in [-0.05, 0) is 57.7 Å². The highest BCUT2D eigenvalue weighted by molar-refractivity contribution is 7.99. The minimum atomic E-state index is -0.0780. The Balaban J connectivity index is 1.38. The molecule has 2 atom stereocenters. The highest BCUT2D eigenvalue weighted by atomic mass is 32.2. The largest absolute Gasteiger partial charge is 0.376 e. The van der Waals surface area contributed by atoms with E-state index in [-0.39, 0.29) is 29.3 Å². The van der Waals surface area contributed by atoms with Gasteiger partial charge in [0.25, 0.3) is 5.56 Å². The van der Waals surface area contributed by atoms with Gasteiger partial charge in [-0.2, -0.15) is 0 Å². The zero-order valence-electron chi connectivity index (χ0n) is 19.8. The molecule has 0 amide bonds. The average Bonchev–Trinajstić information content (AvgIpc) is 3.59. The second-order valence-corrected chi connectivity index (χ2v) is 10.1. The Kier molecular flexibility index (Phi) is 6.90. The van der Waals surface area contributed by atoms with Crippen molar-refractivity contribution < 1.29 is 14.3 Å². The molecule has 3 aromatic rings. The normalized spacial score (nSPS) is 20.4. The van der Waals surface area contributed by atoms with E-state index in [0.717, 1.165) is 62.4 Å². The van der Waals surface area contributed by atoms with Crippen LogP contribution in [0.25, 0.3) is 10.9 Å². The number of carbonyl (C=O) groups is 1. The van der Waals surface area contributed by atoms with Crippen LogP contribution in [-0.4, -0.2) is 51.1 Å². The number of nitrogens with zero attached hydrogens (tertiary/aromatic N) is 3. The smallest absolute Gasteiger partial charge is 0.262 e. The number of ether oxygens (including phenoxy) is 2. The van der Waals surface area contributed by atoms with E-state index in [1.807, 2.05) is 38.1 Å². The molecule has 0 aliphatic carbocycles. The lowest BCUT2D eigenvalue weighted by atomic mass is 10.2. The Bertz CT molecular complexity index is 1250. The topological polar surface area (TPSA) is 75.4 Å². The Hall–Kier alpha value is -2.42. The third-order valence-corrected chi connectivity index (χ3v) is 7.83. The number of aryl methyl sites for hydroxylation is 1. The molecule has 8 heteroatoms. The summed E-state index contributed by atoms with van der Waals surface area (Å²) >= 11 is 1.33. The third kappa shape index (κ3) is 4.72. The number of fused-ring (bicyclic) bond motifs is 1. The lowest BCUT2D eigenvalue weighted by Gasteiger charge is -2.16. The van der Waals surface area contributed by atoms with Gasteiger partial charge in [0.15, 0.2) is 10.9 Å². The molecule has 2 aliphatic rings. The van der Waals surface area contributed by atoms with Crippen LogP contribution >= 0.6 is 11.8 Å². The molecule has 0 N–H and O–H groups in total. The summed E-state index contributed by atoms with van der Waals surface area (Å²) in [5, 5.41) is 1.16. The summed E-state index contributed by atoms with van der Waals surface area (Å²) in [6.45, 7) is 6.83. The van der Waals surface area contributed by atoms with Gasteiger partial charge in [0.1, 0.15) is 0 Å². The zero-order valence-corrected chi connectivity index (χ0v) is 20.6. The van der Waals surface area contributed by atoms with E-state index in [9.17, 15) is 9.59 Å². The Morgan fingerprint density at radius 3 is 2.41 bits per heavy atom. The molecule has 0 saturated carbocycles. The van der Waals surface area contributed by atoms with E-state index in [2.05, 4.69) is 4.57 Å². The molecule has 7 nitrogen and oxygen atoms in total. The molecule has 0 unspecified atom stereocenters. The molecule has 180 valence electrons. The van der Waals surface area contributed by atoms with Crippen molar-refractivity contribution in [3.63, 3.8) is 0 Å². The molecule has 0 bridgehead atoms. The van der Waals surface area contributed by atoms with Gasteiger partial charge >= 0.3 is 0 Å². The van der Waals surface area contributed by atoms with Crippen LogP contribution in [0.5, 0.6) is 0 Å². The third-order valence-electron chi connectivity index (χ3n) is 6.85. The SMILES string of the molecule is Cc1cc(C(=O)CSc2nc3ccccc3c(=O)n2C[C@@H]2CCCO2)c(C)n1C[C@H]1CCCO1. The fraction of sp³-hybridized carbons (Fsp3) is 0.500. The van der Waals surface area contributed by atoms with Crippen LogP contribution in [0.4, 0.5) is 0 Å². The van der Waals surface area contributed by atoms with Gasteiger partial charge in [-0.1, -0.05) is 23.9 Å². The fourth-order valence-electron chi connectivity index (χ4n) is 4.97. The monoisotopic (exact) mass is 481 g/mol. The molecule has 2 aliphatic heterocycles. The molecule has 2 saturated heterocycles. The van der Waals surface area contributed by atoms with Crippen molar-refractivity contribution in [2.75, 3.05) is 19.0 Å². The van der Waals surface area contributed by atoms with Gasteiger partial charge in [0.2, 0.25) is 0 Å². The van der Waals surface area contributed by atoms with E-state index in [1.54, 1.807) is 10.6 Å². The number of aromatic nitrogens is 3. The van der Waals surface area contributed by atoms with Gasteiger partial charge in [0, 0.05) is 36.7 Å². The molecule has 0 spiro atoms. The maximum atomic E-state index is 13.3. The predicted molar refractivity (Wildman–Crippen MR) is 133 cm³/mol. The number of thioether (sulfide) groups is 1. The number of hydrogen-bond donors (Lipinski definition) is 0. The zero-order chi connectivity index (χ0) is 23.7. The maximum Gasteiger partial charge on any atom is 0.262 e. The summed E-state index contributed by atoms with van der Waals surface area (Å²) in [6.07, 6.45) is 4.32. The van der Waals surface area contributed by atoms with Crippen molar-refractivity contribution in [1.82, 2.24) is 14.1 Å². The van der Waals surface area contributed by atoms with Crippen molar-refractivity contribution in [2.45, 2.75) is 70.0 Å². The standard InChI is InChI=1S/C26H31N3O4S/c1-17-13-22(18(2)28(17)14-19-7-5-11-32-19)24(30)16-34-26-27-23-10-4-3-9-21(23)25(31)29(26)15-20-8-6-12-33-20/h3-4,9-10,13,19-20H,5-8,11-12,14-16H2,1-2H3/t19-,20+/m1/s1. The van der Waals surface area contributed by atoms with Crippen LogP contribution in [0.1, 0.15) is 47.4 Å². The Morgan fingerprint density at radius 1 is 1.06 bits per heavy atom. The lowest BCUT2D eigenvalue weighted by molar-refractivity contribution is 0.0937. The first-order valence-corrected chi connectivity index (χ1v) is 13.1. The Labute approximate surface area is 203 Å². The van der Waals surface area contributed by atoms with E-state index in [1.165, 1.54) is 11.8 Å². The molecule has 5 rings (SSSR count).